The van der Waals surface area contributed by atoms with E-state index in [0.717, 1.165) is 18.5 Å². The number of hydrogen-bond donors (Lipinski definition) is 1. The standard InChI is InChI=1S/C10H18ClN/c1-2-5-9-8-10(9)12-7-4-3-6-11/h3-4,9-10,12H,2,5-8H2,1H3/b4-3+. The molecule has 70 valence electrons. The molecule has 0 aromatic heterocycles. The van der Waals surface area contributed by atoms with Crippen LogP contribution in [0.25, 0.3) is 0 Å². The first-order chi connectivity index (χ1) is 5.88. The maximum absolute atomic E-state index is 5.50. The van der Waals surface area contributed by atoms with Crippen LogP contribution in [0.4, 0.5) is 0 Å². The number of nitrogens with one attached hydrogen (secondary N) is 1. The van der Waals surface area contributed by atoms with E-state index in [0.29, 0.717) is 5.88 Å². The zero-order chi connectivity index (χ0) is 8.81. The summed E-state index contributed by atoms with van der Waals surface area (Å²) < 4.78 is 0. The van der Waals surface area contributed by atoms with Gasteiger partial charge in [-0.1, -0.05) is 25.5 Å². The molecule has 1 nitrogen and oxygen atoms in total. The Morgan fingerprint density at radius 1 is 1.50 bits per heavy atom. The van der Waals surface area contributed by atoms with Gasteiger partial charge in [0.15, 0.2) is 0 Å². The zero-order valence-electron chi connectivity index (χ0n) is 7.72. The molecule has 1 saturated carbocycles. The Morgan fingerprint density at radius 2 is 2.33 bits per heavy atom. The third-order valence-electron chi connectivity index (χ3n) is 2.34. The normalized spacial score (nSPS) is 28.2. The summed E-state index contributed by atoms with van der Waals surface area (Å²) in [6.07, 6.45) is 8.18. The van der Waals surface area contributed by atoms with Crippen molar-refractivity contribution in [2.45, 2.75) is 32.2 Å². The first kappa shape index (κ1) is 10.1. The van der Waals surface area contributed by atoms with Crippen molar-refractivity contribution >= 4 is 11.6 Å². The van der Waals surface area contributed by atoms with Crippen LogP contribution < -0.4 is 5.32 Å². The Balaban J connectivity index is 1.93. The Morgan fingerprint density at radius 3 is 3.00 bits per heavy atom. The molecule has 0 spiro atoms. The molecule has 0 aromatic rings. The lowest BCUT2D eigenvalue weighted by Crippen LogP contribution is -2.17. The first-order valence-corrected chi connectivity index (χ1v) is 5.36. The molecular formula is C10H18ClN. The average Bonchev–Trinajstić information content (AvgIpc) is 2.79. The number of hydrogen-bond acceptors (Lipinski definition) is 1. The lowest BCUT2D eigenvalue weighted by atomic mass is 10.2. The SMILES string of the molecule is CCCC1CC1NC/C=C/CCl. The lowest BCUT2D eigenvalue weighted by molar-refractivity contribution is 0.625. The second-order valence-corrected chi connectivity index (χ2v) is 3.73. The van der Waals surface area contributed by atoms with Gasteiger partial charge < -0.3 is 5.32 Å². The molecule has 0 heterocycles. The fourth-order valence-corrected chi connectivity index (χ4v) is 1.68. The largest absolute Gasteiger partial charge is 0.310 e. The van der Waals surface area contributed by atoms with Gasteiger partial charge in [0, 0.05) is 18.5 Å². The molecule has 0 radical (unpaired) electrons. The van der Waals surface area contributed by atoms with Crippen LogP contribution in [0.3, 0.4) is 0 Å². The van der Waals surface area contributed by atoms with Crippen LogP contribution in [0, 0.1) is 5.92 Å². The van der Waals surface area contributed by atoms with Gasteiger partial charge in [-0.15, -0.1) is 11.6 Å². The van der Waals surface area contributed by atoms with Crippen molar-refractivity contribution in [3.63, 3.8) is 0 Å². The second kappa shape index (κ2) is 5.60. The quantitative estimate of drug-likeness (QED) is 0.498. The number of alkyl halides is 1. The summed E-state index contributed by atoms with van der Waals surface area (Å²) in [4.78, 5) is 0. The predicted octanol–water partition coefficient (Wildman–Crippen LogP) is 2.56. The molecule has 12 heavy (non-hydrogen) atoms. The minimum Gasteiger partial charge on any atom is -0.310 e. The maximum Gasteiger partial charge on any atom is 0.0404 e. The molecule has 1 fully saturated rings. The van der Waals surface area contributed by atoms with E-state index >= 15 is 0 Å². The van der Waals surface area contributed by atoms with Gasteiger partial charge in [0.05, 0.1) is 0 Å². The second-order valence-electron chi connectivity index (χ2n) is 3.42. The summed E-state index contributed by atoms with van der Waals surface area (Å²) in [6, 6.07) is 0.796. The first-order valence-electron chi connectivity index (χ1n) is 4.82. The van der Waals surface area contributed by atoms with E-state index in [1.54, 1.807) is 0 Å². The molecule has 2 atom stereocenters. The highest BCUT2D eigenvalue weighted by molar-refractivity contribution is 6.18. The Bertz CT molecular complexity index is 145. The fourth-order valence-electron chi connectivity index (χ4n) is 1.55. The molecular weight excluding hydrogens is 170 g/mol. The summed E-state index contributed by atoms with van der Waals surface area (Å²) in [5.41, 5.74) is 0. The van der Waals surface area contributed by atoms with Crippen LogP contribution in [0.5, 0.6) is 0 Å². The number of halogens is 1. The lowest BCUT2D eigenvalue weighted by Gasteiger charge is -1.98. The van der Waals surface area contributed by atoms with Crippen molar-refractivity contribution in [2.24, 2.45) is 5.92 Å². The van der Waals surface area contributed by atoms with Crippen LogP contribution in [0.2, 0.25) is 0 Å². The van der Waals surface area contributed by atoms with Gasteiger partial charge in [-0.3, -0.25) is 0 Å². The van der Waals surface area contributed by atoms with Gasteiger partial charge in [-0.25, -0.2) is 0 Å². The monoisotopic (exact) mass is 187 g/mol. The molecule has 1 aliphatic rings. The van der Waals surface area contributed by atoms with Crippen molar-refractivity contribution in [3.05, 3.63) is 12.2 Å². The van der Waals surface area contributed by atoms with E-state index in [9.17, 15) is 0 Å². The molecule has 0 bridgehead atoms. The summed E-state index contributed by atoms with van der Waals surface area (Å²) >= 11 is 5.50. The Kier molecular flexibility index (Phi) is 4.70. The number of allylic oxidation sites excluding steroid dienone is 1. The summed E-state index contributed by atoms with van der Waals surface area (Å²) in [6.45, 7) is 3.24. The van der Waals surface area contributed by atoms with Crippen LogP contribution in [-0.2, 0) is 0 Å². The molecule has 2 unspecified atom stereocenters. The highest BCUT2D eigenvalue weighted by Gasteiger charge is 2.34. The highest BCUT2D eigenvalue weighted by atomic mass is 35.5. The molecule has 2 heteroatoms. The van der Waals surface area contributed by atoms with Crippen molar-refractivity contribution in [1.82, 2.24) is 5.32 Å². The van der Waals surface area contributed by atoms with Crippen molar-refractivity contribution < 1.29 is 0 Å². The Hall–Kier alpha value is -0.0100. The van der Waals surface area contributed by atoms with Crippen molar-refractivity contribution in [1.29, 1.82) is 0 Å². The van der Waals surface area contributed by atoms with Gasteiger partial charge in [0.2, 0.25) is 0 Å². The van der Waals surface area contributed by atoms with Gasteiger partial charge in [-0.05, 0) is 18.8 Å². The summed E-state index contributed by atoms with van der Waals surface area (Å²) in [5, 5.41) is 3.48. The third-order valence-corrected chi connectivity index (χ3v) is 2.51. The van der Waals surface area contributed by atoms with E-state index in [2.05, 4.69) is 18.3 Å². The van der Waals surface area contributed by atoms with Gasteiger partial charge in [0.25, 0.3) is 0 Å². The molecule has 0 saturated heterocycles. The van der Waals surface area contributed by atoms with Crippen LogP contribution in [0.1, 0.15) is 26.2 Å². The summed E-state index contributed by atoms with van der Waals surface area (Å²) in [7, 11) is 0. The van der Waals surface area contributed by atoms with Crippen LogP contribution in [-0.4, -0.2) is 18.5 Å². The minimum atomic E-state index is 0.630. The zero-order valence-corrected chi connectivity index (χ0v) is 8.48. The Labute approximate surface area is 80.2 Å². The van der Waals surface area contributed by atoms with E-state index in [-0.39, 0.29) is 0 Å². The van der Waals surface area contributed by atoms with Gasteiger partial charge >= 0.3 is 0 Å². The molecule has 1 rings (SSSR count). The molecule has 0 amide bonds. The van der Waals surface area contributed by atoms with Crippen LogP contribution in [0.15, 0.2) is 12.2 Å². The number of rotatable bonds is 6. The van der Waals surface area contributed by atoms with E-state index < -0.39 is 0 Å². The van der Waals surface area contributed by atoms with Crippen molar-refractivity contribution in [3.8, 4) is 0 Å². The van der Waals surface area contributed by atoms with E-state index in [4.69, 9.17) is 11.6 Å². The highest BCUT2D eigenvalue weighted by Crippen LogP contribution is 2.34. The smallest absolute Gasteiger partial charge is 0.0404 e. The van der Waals surface area contributed by atoms with Gasteiger partial charge in [0.1, 0.15) is 0 Å². The molecule has 1 aliphatic carbocycles. The van der Waals surface area contributed by atoms with Crippen molar-refractivity contribution in [2.75, 3.05) is 12.4 Å². The van der Waals surface area contributed by atoms with Crippen LogP contribution >= 0.6 is 11.6 Å². The predicted molar refractivity (Wildman–Crippen MR) is 54.7 cm³/mol. The van der Waals surface area contributed by atoms with E-state index in [1.807, 2.05) is 6.08 Å². The minimum absolute atomic E-state index is 0.630. The summed E-state index contributed by atoms with van der Waals surface area (Å²) in [5.74, 6) is 1.59. The molecule has 1 N–H and O–H groups in total. The van der Waals surface area contributed by atoms with E-state index in [1.165, 1.54) is 19.3 Å². The maximum atomic E-state index is 5.50. The fraction of sp³-hybridized carbons (Fsp3) is 0.800. The molecule has 0 aromatic carbocycles. The van der Waals surface area contributed by atoms with Gasteiger partial charge in [-0.2, -0.15) is 0 Å². The average molecular weight is 188 g/mol. The molecule has 0 aliphatic heterocycles. The topological polar surface area (TPSA) is 12.0 Å². The third kappa shape index (κ3) is 3.59.